The first kappa shape index (κ1) is 14.5. The smallest absolute Gasteiger partial charge is 0.274 e. The third kappa shape index (κ3) is 3.54. The molecule has 0 bridgehead atoms. The lowest BCUT2D eigenvalue weighted by Gasteiger charge is -2.19. The first-order chi connectivity index (χ1) is 9.49. The minimum atomic E-state index is -0.400. The lowest BCUT2D eigenvalue weighted by molar-refractivity contribution is -0.385. The van der Waals surface area contributed by atoms with Crippen molar-refractivity contribution < 1.29 is 9.72 Å². The van der Waals surface area contributed by atoms with Crippen LogP contribution in [0.3, 0.4) is 0 Å². The molecular weight excluding hydrogens is 258 g/mol. The Bertz CT molecular complexity index is 514. The molecule has 1 aliphatic rings. The third-order valence-electron chi connectivity index (χ3n) is 3.42. The van der Waals surface area contributed by atoms with Crippen LogP contribution in [0.15, 0.2) is 24.3 Å². The van der Waals surface area contributed by atoms with Gasteiger partial charge in [-0.05, 0) is 26.7 Å². The van der Waals surface area contributed by atoms with Crippen molar-refractivity contribution in [3.63, 3.8) is 0 Å². The average molecular weight is 277 g/mol. The molecule has 0 saturated heterocycles. The number of rotatable bonds is 6. The van der Waals surface area contributed by atoms with Gasteiger partial charge in [0.1, 0.15) is 0 Å². The van der Waals surface area contributed by atoms with Crippen LogP contribution in [-0.2, 0) is 4.79 Å². The summed E-state index contributed by atoms with van der Waals surface area (Å²) in [7, 11) is 0. The van der Waals surface area contributed by atoms with Crippen LogP contribution in [0.5, 0.6) is 0 Å². The average Bonchev–Trinajstić information content (AvgIpc) is 3.22. The van der Waals surface area contributed by atoms with Gasteiger partial charge in [0.2, 0.25) is 5.91 Å². The first-order valence-electron chi connectivity index (χ1n) is 6.78. The van der Waals surface area contributed by atoms with E-state index >= 15 is 0 Å². The summed E-state index contributed by atoms with van der Waals surface area (Å²) in [4.78, 5) is 22.5. The molecule has 1 fully saturated rings. The second-order valence-corrected chi connectivity index (χ2v) is 5.21. The van der Waals surface area contributed by atoms with E-state index in [0.29, 0.717) is 11.6 Å². The van der Waals surface area contributed by atoms with Gasteiger partial charge < -0.3 is 5.32 Å². The quantitative estimate of drug-likeness (QED) is 0.614. The van der Waals surface area contributed by atoms with Crippen LogP contribution in [0, 0.1) is 10.1 Å². The van der Waals surface area contributed by atoms with Gasteiger partial charge in [-0.3, -0.25) is 20.2 Å². The van der Waals surface area contributed by atoms with Gasteiger partial charge in [0, 0.05) is 23.7 Å². The van der Waals surface area contributed by atoms with Crippen LogP contribution < -0.4 is 10.6 Å². The molecule has 2 atom stereocenters. The molecule has 0 radical (unpaired) electrons. The number of hydrogen-bond acceptors (Lipinski definition) is 4. The summed E-state index contributed by atoms with van der Waals surface area (Å²) in [5.41, 5.74) is 0.658. The number of para-hydroxylation sites is 1. The maximum absolute atomic E-state index is 11.9. The lowest BCUT2D eigenvalue weighted by atomic mass is 10.1. The molecule has 20 heavy (non-hydrogen) atoms. The summed E-state index contributed by atoms with van der Waals surface area (Å²) in [5.74, 6) is -0.0575. The molecule has 1 saturated carbocycles. The highest BCUT2D eigenvalue weighted by Crippen LogP contribution is 2.25. The van der Waals surface area contributed by atoms with E-state index in [0.717, 1.165) is 12.8 Å². The fourth-order valence-electron chi connectivity index (χ4n) is 2.11. The van der Waals surface area contributed by atoms with E-state index in [1.165, 1.54) is 6.07 Å². The topological polar surface area (TPSA) is 84.3 Å². The molecule has 0 spiro atoms. The minimum absolute atomic E-state index is 0.0575. The van der Waals surface area contributed by atoms with Crippen molar-refractivity contribution in [3.8, 4) is 0 Å². The summed E-state index contributed by atoms with van der Waals surface area (Å²) in [6.07, 6.45) is 2.08. The second-order valence-electron chi connectivity index (χ2n) is 5.21. The Balaban J connectivity index is 2.01. The Labute approximate surface area is 117 Å². The molecule has 0 aliphatic heterocycles. The van der Waals surface area contributed by atoms with Gasteiger partial charge in [-0.25, -0.2) is 0 Å². The van der Waals surface area contributed by atoms with Gasteiger partial charge in [0.15, 0.2) is 0 Å². The lowest BCUT2D eigenvalue weighted by Crippen LogP contribution is -2.43. The maximum Gasteiger partial charge on any atom is 0.274 e. The zero-order valence-electron chi connectivity index (χ0n) is 11.6. The number of nitro benzene ring substituents is 1. The molecule has 1 aromatic rings. The maximum atomic E-state index is 11.9. The van der Waals surface area contributed by atoms with E-state index in [4.69, 9.17) is 0 Å². The van der Waals surface area contributed by atoms with Crippen molar-refractivity contribution in [2.24, 2.45) is 0 Å². The molecule has 1 amide bonds. The Morgan fingerprint density at radius 1 is 1.35 bits per heavy atom. The molecule has 6 heteroatoms. The number of carbonyl (C=O) groups is 1. The number of hydrogen-bond donors (Lipinski definition) is 2. The predicted octanol–water partition coefficient (Wildman–Crippen LogP) is 1.91. The molecule has 1 aromatic carbocycles. The van der Waals surface area contributed by atoms with Crippen LogP contribution >= 0.6 is 0 Å². The number of benzene rings is 1. The molecule has 0 aromatic heterocycles. The van der Waals surface area contributed by atoms with Crippen LogP contribution in [0.25, 0.3) is 0 Å². The molecule has 2 rings (SSSR count). The summed E-state index contributed by atoms with van der Waals surface area (Å²) in [6, 6.07) is 6.24. The van der Waals surface area contributed by atoms with Crippen LogP contribution in [0.4, 0.5) is 5.69 Å². The molecule has 2 N–H and O–H groups in total. The van der Waals surface area contributed by atoms with E-state index in [9.17, 15) is 14.9 Å². The van der Waals surface area contributed by atoms with Crippen LogP contribution in [-0.4, -0.2) is 22.9 Å². The molecule has 0 heterocycles. The van der Waals surface area contributed by atoms with Gasteiger partial charge in [-0.2, -0.15) is 0 Å². The van der Waals surface area contributed by atoms with Gasteiger partial charge in [-0.15, -0.1) is 0 Å². The van der Waals surface area contributed by atoms with E-state index in [1.807, 2.05) is 6.92 Å². The largest absolute Gasteiger partial charge is 0.352 e. The highest BCUT2D eigenvalue weighted by molar-refractivity contribution is 5.81. The van der Waals surface area contributed by atoms with Crippen molar-refractivity contribution in [3.05, 3.63) is 39.9 Å². The Morgan fingerprint density at radius 3 is 2.60 bits per heavy atom. The van der Waals surface area contributed by atoms with E-state index in [1.54, 1.807) is 25.1 Å². The monoisotopic (exact) mass is 277 g/mol. The third-order valence-corrected chi connectivity index (χ3v) is 3.42. The predicted molar refractivity (Wildman–Crippen MR) is 75.3 cm³/mol. The summed E-state index contributed by atoms with van der Waals surface area (Å²) in [5, 5.41) is 17.0. The highest BCUT2D eigenvalue weighted by Gasteiger charge is 2.27. The number of nitrogens with one attached hydrogen (secondary N) is 2. The number of amides is 1. The fraction of sp³-hybridized carbons (Fsp3) is 0.500. The van der Waals surface area contributed by atoms with Gasteiger partial charge in [0.25, 0.3) is 5.69 Å². The number of nitro groups is 1. The summed E-state index contributed by atoms with van der Waals surface area (Å²) in [6.45, 7) is 3.59. The second kappa shape index (κ2) is 6.00. The van der Waals surface area contributed by atoms with Crippen molar-refractivity contribution >= 4 is 11.6 Å². The van der Waals surface area contributed by atoms with E-state index in [2.05, 4.69) is 10.6 Å². The Hall–Kier alpha value is -1.95. The van der Waals surface area contributed by atoms with E-state index in [-0.39, 0.29) is 23.7 Å². The van der Waals surface area contributed by atoms with Crippen molar-refractivity contribution in [1.82, 2.24) is 10.6 Å². The fourth-order valence-corrected chi connectivity index (χ4v) is 2.11. The molecule has 108 valence electrons. The Kier molecular flexibility index (Phi) is 4.34. The Morgan fingerprint density at radius 2 is 2.00 bits per heavy atom. The zero-order chi connectivity index (χ0) is 14.7. The standard InChI is InChI=1S/C14H19N3O3/c1-9(12-5-3-4-6-13(12)17(19)20)15-10(2)14(18)16-11-7-8-11/h3-6,9-11,15H,7-8H2,1-2H3,(H,16,18). The zero-order valence-corrected chi connectivity index (χ0v) is 11.6. The van der Waals surface area contributed by atoms with Crippen LogP contribution in [0.2, 0.25) is 0 Å². The summed E-state index contributed by atoms with van der Waals surface area (Å²) < 4.78 is 0. The number of nitrogens with zero attached hydrogens (tertiary/aromatic N) is 1. The normalized spacial score (nSPS) is 17.3. The molecule has 6 nitrogen and oxygen atoms in total. The highest BCUT2D eigenvalue weighted by atomic mass is 16.6. The first-order valence-corrected chi connectivity index (χ1v) is 6.78. The minimum Gasteiger partial charge on any atom is -0.352 e. The van der Waals surface area contributed by atoms with Gasteiger partial charge in [-0.1, -0.05) is 18.2 Å². The molecule has 2 unspecified atom stereocenters. The van der Waals surface area contributed by atoms with Crippen molar-refractivity contribution in [2.75, 3.05) is 0 Å². The molecule has 1 aliphatic carbocycles. The number of carbonyl (C=O) groups excluding carboxylic acids is 1. The summed E-state index contributed by atoms with van der Waals surface area (Å²) >= 11 is 0. The van der Waals surface area contributed by atoms with Crippen LogP contribution in [0.1, 0.15) is 38.3 Å². The molecular formula is C14H19N3O3. The van der Waals surface area contributed by atoms with Gasteiger partial charge >= 0.3 is 0 Å². The van der Waals surface area contributed by atoms with Crippen molar-refractivity contribution in [2.45, 2.75) is 44.8 Å². The van der Waals surface area contributed by atoms with E-state index < -0.39 is 4.92 Å². The SMILES string of the molecule is CC(NC(C)c1ccccc1[N+](=O)[O-])C(=O)NC1CC1. The van der Waals surface area contributed by atoms with Crippen molar-refractivity contribution in [1.29, 1.82) is 0 Å². The van der Waals surface area contributed by atoms with Gasteiger partial charge in [0.05, 0.1) is 11.0 Å².